The average molecular weight is 292 g/mol. The van der Waals surface area contributed by atoms with Gasteiger partial charge in [-0.3, -0.25) is 4.79 Å². The maximum atomic E-state index is 12.4. The van der Waals surface area contributed by atoms with Gasteiger partial charge in [0.2, 0.25) is 5.91 Å². The fourth-order valence-electron chi connectivity index (χ4n) is 2.47. The van der Waals surface area contributed by atoms with Crippen LogP contribution in [0.4, 0.5) is 11.6 Å². The van der Waals surface area contributed by atoms with Crippen molar-refractivity contribution in [2.75, 3.05) is 23.8 Å². The summed E-state index contributed by atoms with van der Waals surface area (Å²) in [4.78, 5) is 22.9. The van der Waals surface area contributed by atoms with Crippen LogP contribution >= 0.6 is 0 Å². The number of nitrogen functional groups attached to an aromatic ring is 1. The molecule has 4 N–H and O–H groups in total. The van der Waals surface area contributed by atoms with Gasteiger partial charge in [0, 0.05) is 25.6 Å². The highest BCUT2D eigenvalue weighted by atomic mass is 16.2. The molecule has 1 aliphatic rings. The summed E-state index contributed by atoms with van der Waals surface area (Å²) in [5.41, 5.74) is 2.52. The Kier molecular flexibility index (Phi) is 5.32. The monoisotopic (exact) mass is 292 g/mol. The summed E-state index contributed by atoms with van der Waals surface area (Å²) >= 11 is 0. The number of anilines is 2. The Morgan fingerprint density at radius 2 is 2.00 bits per heavy atom. The molecule has 0 spiro atoms. The van der Waals surface area contributed by atoms with Gasteiger partial charge in [-0.25, -0.2) is 15.8 Å². The first kappa shape index (κ1) is 15.5. The predicted octanol–water partition coefficient (Wildman–Crippen LogP) is 1.14. The minimum atomic E-state index is -0.312. The van der Waals surface area contributed by atoms with E-state index in [2.05, 4.69) is 20.7 Å². The summed E-state index contributed by atoms with van der Waals surface area (Å²) in [6.45, 7) is 5.54. The van der Waals surface area contributed by atoms with E-state index in [1.165, 1.54) is 6.42 Å². The molecular formula is C14H24N6O. The van der Waals surface area contributed by atoms with Crippen molar-refractivity contribution in [1.29, 1.82) is 0 Å². The maximum Gasteiger partial charge on any atom is 0.244 e. The van der Waals surface area contributed by atoms with Gasteiger partial charge in [-0.05, 0) is 26.2 Å². The lowest BCUT2D eigenvalue weighted by atomic mass is 10.1. The van der Waals surface area contributed by atoms with Gasteiger partial charge in [0.05, 0.1) is 0 Å². The summed E-state index contributed by atoms with van der Waals surface area (Å²) in [5.74, 6) is 7.37. The fraction of sp³-hybridized carbons (Fsp3) is 0.643. The van der Waals surface area contributed by atoms with Crippen LogP contribution in [-0.2, 0) is 11.2 Å². The van der Waals surface area contributed by atoms with Gasteiger partial charge in [0.25, 0.3) is 0 Å². The molecular weight excluding hydrogens is 268 g/mol. The lowest BCUT2D eigenvalue weighted by Gasteiger charge is -2.29. The van der Waals surface area contributed by atoms with E-state index >= 15 is 0 Å². The third kappa shape index (κ3) is 4.04. The highest BCUT2D eigenvalue weighted by molar-refractivity contribution is 5.84. The summed E-state index contributed by atoms with van der Waals surface area (Å²) in [6.07, 6.45) is 4.10. The smallest absolute Gasteiger partial charge is 0.244 e. The molecule has 0 bridgehead atoms. The van der Waals surface area contributed by atoms with Crippen LogP contribution in [-0.4, -0.2) is 39.9 Å². The van der Waals surface area contributed by atoms with Gasteiger partial charge in [0.15, 0.2) is 0 Å². The van der Waals surface area contributed by atoms with Crippen molar-refractivity contribution in [3.8, 4) is 0 Å². The van der Waals surface area contributed by atoms with E-state index in [0.717, 1.165) is 25.9 Å². The minimum absolute atomic E-state index is 0.119. The molecule has 1 amide bonds. The number of amides is 1. The van der Waals surface area contributed by atoms with Crippen LogP contribution in [0.3, 0.4) is 0 Å². The predicted molar refractivity (Wildman–Crippen MR) is 82.7 cm³/mol. The molecule has 1 saturated heterocycles. The Morgan fingerprint density at radius 1 is 1.33 bits per heavy atom. The molecule has 0 aromatic carbocycles. The number of hydrogen-bond acceptors (Lipinski definition) is 6. The number of carbonyl (C=O) groups is 1. The third-order valence-electron chi connectivity index (χ3n) is 3.64. The summed E-state index contributed by atoms with van der Waals surface area (Å²) in [6, 6.07) is 1.40. The van der Waals surface area contributed by atoms with Crippen molar-refractivity contribution in [2.45, 2.75) is 45.6 Å². The minimum Gasteiger partial charge on any atom is -0.358 e. The number of likely N-dealkylation sites (tertiary alicyclic amines) is 1. The molecule has 1 unspecified atom stereocenters. The molecule has 1 fully saturated rings. The van der Waals surface area contributed by atoms with Gasteiger partial charge in [-0.2, -0.15) is 0 Å². The first-order valence-electron chi connectivity index (χ1n) is 7.54. The van der Waals surface area contributed by atoms with Crippen molar-refractivity contribution in [3.63, 3.8) is 0 Å². The number of nitrogens with two attached hydrogens (primary N) is 1. The van der Waals surface area contributed by atoms with Gasteiger partial charge in [0.1, 0.15) is 23.5 Å². The van der Waals surface area contributed by atoms with E-state index in [-0.39, 0.29) is 11.9 Å². The Labute approximate surface area is 125 Å². The number of nitrogens with zero attached hydrogens (tertiary/aromatic N) is 3. The largest absolute Gasteiger partial charge is 0.358 e. The molecule has 2 heterocycles. The zero-order valence-corrected chi connectivity index (χ0v) is 12.7. The molecule has 7 nitrogen and oxygen atoms in total. The Balaban J connectivity index is 2.04. The molecule has 1 aromatic heterocycles. The second-order valence-electron chi connectivity index (χ2n) is 5.30. The number of rotatable bonds is 5. The van der Waals surface area contributed by atoms with Crippen molar-refractivity contribution in [3.05, 3.63) is 11.9 Å². The molecule has 0 aliphatic carbocycles. The number of hydrogen-bond donors (Lipinski definition) is 3. The zero-order valence-electron chi connectivity index (χ0n) is 12.7. The molecule has 0 saturated carbocycles. The lowest BCUT2D eigenvalue weighted by molar-refractivity contribution is -0.132. The summed E-state index contributed by atoms with van der Waals surface area (Å²) in [7, 11) is 0. The van der Waals surface area contributed by atoms with E-state index in [1.54, 1.807) is 6.07 Å². The van der Waals surface area contributed by atoms with Crippen LogP contribution in [0.2, 0.25) is 0 Å². The van der Waals surface area contributed by atoms with Gasteiger partial charge >= 0.3 is 0 Å². The van der Waals surface area contributed by atoms with Crippen LogP contribution in [0.5, 0.6) is 0 Å². The number of carbonyl (C=O) groups excluding carboxylic acids is 1. The Hall–Kier alpha value is -1.89. The average Bonchev–Trinajstić information content (AvgIpc) is 2.54. The van der Waals surface area contributed by atoms with Crippen molar-refractivity contribution < 1.29 is 4.79 Å². The van der Waals surface area contributed by atoms with Crippen molar-refractivity contribution >= 4 is 17.5 Å². The van der Waals surface area contributed by atoms with Gasteiger partial charge < -0.3 is 15.6 Å². The topological polar surface area (TPSA) is 96.2 Å². The molecule has 1 atom stereocenters. The first-order valence-corrected chi connectivity index (χ1v) is 7.54. The number of aromatic nitrogens is 2. The highest BCUT2D eigenvalue weighted by Crippen LogP contribution is 2.14. The quantitative estimate of drug-likeness (QED) is 0.556. The molecule has 1 aromatic rings. The number of hydrazine groups is 1. The van der Waals surface area contributed by atoms with Gasteiger partial charge in [-0.15, -0.1) is 0 Å². The Morgan fingerprint density at radius 3 is 2.62 bits per heavy atom. The van der Waals surface area contributed by atoms with Gasteiger partial charge in [-0.1, -0.05) is 6.92 Å². The molecule has 7 heteroatoms. The number of piperidine rings is 1. The summed E-state index contributed by atoms with van der Waals surface area (Å²) in [5, 5.41) is 3.15. The lowest BCUT2D eigenvalue weighted by Crippen LogP contribution is -2.44. The molecule has 0 radical (unpaired) electrons. The molecule has 21 heavy (non-hydrogen) atoms. The molecule has 116 valence electrons. The third-order valence-corrected chi connectivity index (χ3v) is 3.64. The van der Waals surface area contributed by atoms with Crippen LogP contribution in [0.1, 0.15) is 38.9 Å². The van der Waals surface area contributed by atoms with Crippen LogP contribution in [0.15, 0.2) is 6.07 Å². The van der Waals surface area contributed by atoms with E-state index in [1.807, 2.05) is 18.7 Å². The van der Waals surface area contributed by atoms with E-state index in [9.17, 15) is 4.79 Å². The van der Waals surface area contributed by atoms with E-state index in [4.69, 9.17) is 5.84 Å². The second kappa shape index (κ2) is 7.21. The van der Waals surface area contributed by atoms with Crippen LogP contribution in [0, 0.1) is 0 Å². The normalized spacial score (nSPS) is 16.4. The SMILES string of the molecule is CCc1nc(NN)cc(NC(C)C(=O)N2CCCCC2)n1. The number of nitrogens with one attached hydrogen (secondary N) is 2. The first-order chi connectivity index (χ1) is 10.1. The second-order valence-corrected chi connectivity index (χ2v) is 5.30. The molecule has 1 aliphatic heterocycles. The standard InChI is InChI=1S/C14H24N6O/c1-3-11-17-12(9-13(18-11)19-15)16-10(2)14(21)20-7-5-4-6-8-20/h9-10H,3-8,15H2,1-2H3,(H2,16,17,18,19). The van der Waals surface area contributed by atoms with E-state index in [0.29, 0.717) is 23.9 Å². The van der Waals surface area contributed by atoms with Crippen molar-refractivity contribution in [2.24, 2.45) is 5.84 Å². The van der Waals surface area contributed by atoms with Crippen LogP contribution < -0.4 is 16.6 Å². The van der Waals surface area contributed by atoms with Crippen molar-refractivity contribution in [1.82, 2.24) is 14.9 Å². The Bertz CT molecular complexity index is 464. The molecule has 2 rings (SSSR count). The fourth-order valence-corrected chi connectivity index (χ4v) is 2.47. The number of aryl methyl sites for hydroxylation is 1. The summed E-state index contributed by atoms with van der Waals surface area (Å²) < 4.78 is 0. The van der Waals surface area contributed by atoms with Crippen LogP contribution in [0.25, 0.3) is 0 Å². The van der Waals surface area contributed by atoms with E-state index < -0.39 is 0 Å². The highest BCUT2D eigenvalue weighted by Gasteiger charge is 2.22. The maximum absolute atomic E-state index is 12.4. The zero-order chi connectivity index (χ0) is 15.2.